The quantitative estimate of drug-likeness (QED) is 0.750. The molecule has 2 N–H and O–H groups in total. The highest BCUT2D eigenvalue weighted by Crippen LogP contribution is 2.29. The number of nitrogens with zero attached hydrogens (tertiary/aromatic N) is 1. The molecule has 72 valence electrons. The summed E-state index contributed by atoms with van der Waals surface area (Å²) in [6.07, 6.45) is 4.87. The predicted octanol–water partition coefficient (Wildman–Crippen LogP) is 1.37. The van der Waals surface area contributed by atoms with Crippen LogP contribution >= 0.6 is 0 Å². The molecule has 1 aliphatic rings. The Morgan fingerprint density at radius 2 is 2.46 bits per heavy atom. The van der Waals surface area contributed by atoms with Crippen LogP contribution in [-0.4, -0.2) is 11.6 Å². The Morgan fingerprint density at radius 3 is 3.15 bits per heavy atom. The lowest BCUT2D eigenvalue weighted by Crippen LogP contribution is -2.13. The number of rotatable bonds is 2. The Kier molecular flexibility index (Phi) is 2.61. The van der Waals surface area contributed by atoms with Gasteiger partial charge in [-0.05, 0) is 19.3 Å². The molecule has 2 rings (SSSR count). The van der Waals surface area contributed by atoms with E-state index in [2.05, 4.69) is 4.98 Å². The molecule has 13 heavy (non-hydrogen) atoms. The average molecular weight is 182 g/mol. The van der Waals surface area contributed by atoms with E-state index in [1.807, 2.05) is 0 Å². The van der Waals surface area contributed by atoms with Crippen molar-refractivity contribution in [2.24, 2.45) is 5.73 Å². The van der Waals surface area contributed by atoms with Crippen LogP contribution in [0.2, 0.25) is 0 Å². The highest BCUT2D eigenvalue weighted by Gasteiger charge is 2.22. The fraction of sp³-hybridized carbons (Fsp3) is 0.667. The highest BCUT2D eigenvalue weighted by atomic mass is 16.5. The minimum absolute atomic E-state index is 0.0785. The first kappa shape index (κ1) is 8.72. The molecule has 1 atom stereocenters. The van der Waals surface area contributed by atoms with Gasteiger partial charge in [0.2, 0.25) is 0 Å². The second kappa shape index (κ2) is 3.89. The van der Waals surface area contributed by atoms with E-state index in [0.717, 1.165) is 30.9 Å². The summed E-state index contributed by atoms with van der Waals surface area (Å²) in [5.41, 5.74) is 6.35. The molecule has 1 unspecified atom stereocenters. The van der Waals surface area contributed by atoms with Crippen molar-refractivity contribution in [3.8, 4) is 0 Å². The maximum atomic E-state index is 5.58. The summed E-state index contributed by atoms with van der Waals surface area (Å²) in [5, 5.41) is 0. The zero-order valence-electron chi connectivity index (χ0n) is 7.53. The molecular formula is C9H14N2O2. The molecule has 0 aromatic carbocycles. The topological polar surface area (TPSA) is 61.3 Å². The molecule has 4 nitrogen and oxygen atoms in total. The lowest BCUT2D eigenvalue weighted by molar-refractivity contribution is 0.00121. The summed E-state index contributed by atoms with van der Waals surface area (Å²) in [6, 6.07) is 0. The van der Waals surface area contributed by atoms with Gasteiger partial charge >= 0.3 is 0 Å². The van der Waals surface area contributed by atoms with Crippen molar-refractivity contribution in [3.63, 3.8) is 0 Å². The molecule has 0 spiro atoms. The highest BCUT2D eigenvalue weighted by molar-refractivity contribution is 5.10. The lowest BCUT2D eigenvalue weighted by Gasteiger charge is -2.20. The number of ether oxygens (including phenoxy) is 1. The van der Waals surface area contributed by atoms with Crippen LogP contribution in [0, 0.1) is 0 Å². The maximum absolute atomic E-state index is 5.58. The largest absolute Gasteiger partial charge is 0.445 e. The van der Waals surface area contributed by atoms with Crippen molar-refractivity contribution in [2.45, 2.75) is 31.9 Å². The van der Waals surface area contributed by atoms with Crippen LogP contribution in [0.3, 0.4) is 0 Å². The number of aromatic nitrogens is 1. The number of nitrogens with two attached hydrogens (primary N) is 1. The van der Waals surface area contributed by atoms with Gasteiger partial charge in [0.15, 0.2) is 12.2 Å². The van der Waals surface area contributed by atoms with Crippen molar-refractivity contribution in [1.82, 2.24) is 4.98 Å². The van der Waals surface area contributed by atoms with E-state index in [1.54, 1.807) is 0 Å². The summed E-state index contributed by atoms with van der Waals surface area (Å²) >= 11 is 0. The number of oxazole rings is 1. The SMILES string of the molecule is NCc1ncoc1C1CCCCO1. The zero-order valence-corrected chi connectivity index (χ0v) is 7.53. The second-order valence-electron chi connectivity index (χ2n) is 3.22. The predicted molar refractivity (Wildman–Crippen MR) is 46.9 cm³/mol. The van der Waals surface area contributed by atoms with Gasteiger partial charge in [0.1, 0.15) is 6.10 Å². The molecular weight excluding hydrogens is 168 g/mol. The van der Waals surface area contributed by atoms with Crippen molar-refractivity contribution < 1.29 is 9.15 Å². The Hall–Kier alpha value is -0.870. The molecule has 1 saturated heterocycles. The van der Waals surface area contributed by atoms with Crippen molar-refractivity contribution >= 4 is 0 Å². The molecule has 1 fully saturated rings. The molecule has 2 heterocycles. The van der Waals surface area contributed by atoms with Crippen molar-refractivity contribution in [2.75, 3.05) is 6.61 Å². The molecule has 0 bridgehead atoms. The molecule has 1 aromatic heterocycles. The third-order valence-corrected chi connectivity index (χ3v) is 2.34. The van der Waals surface area contributed by atoms with E-state index >= 15 is 0 Å². The van der Waals surface area contributed by atoms with E-state index in [-0.39, 0.29) is 6.10 Å². The van der Waals surface area contributed by atoms with E-state index in [4.69, 9.17) is 14.9 Å². The van der Waals surface area contributed by atoms with Crippen LogP contribution in [0.5, 0.6) is 0 Å². The Morgan fingerprint density at radius 1 is 1.54 bits per heavy atom. The van der Waals surface area contributed by atoms with Gasteiger partial charge in [-0.2, -0.15) is 0 Å². The minimum atomic E-state index is 0.0785. The van der Waals surface area contributed by atoms with E-state index < -0.39 is 0 Å². The molecule has 0 amide bonds. The van der Waals surface area contributed by atoms with Gasteiger partial charge in [-0.3, -0.25) is 0 Å². The van der Waals surface area contributed by atoms with Gasteiger partial charge in [-0.15, -0.1) is 0 Å². The van der Waals surface area contributed by atoms with Gasteiger partial charge in [0.05, 0.1) is 5.69 Å². The van der Waals surface area contributed by atoms with Crippen molar-refractivity contribution in [1.29, 1.82) is 0 Å². The fourth-order valence-electron chi connectivity index (χ4n) is 1.64. The van der Waals surface area contributed by atoms with Crippen LogP contribution in [0.1, 0.15) is 36.8 Å². The van der Waals surface area contributed by atoms with Crippen LogP contribution < -0.4 is 5.73 Å². The average Bonchev–Trinajstić information content (AvgIpc) is 2.67. The van der Waals surface area contributed by atoms with E-state index in [9.17, 15) is 0 Å². The van der Waals surface area contributed by atoms with E-state index in [1.165, 1.54) is 12.8 Å². The third kappa shape index (κ3) is 1.73. The molecule has 0 saturated carbocycles. The number of hydrogen-bond donors (Lipinski definition) is 1. The van der Waals surface area contributed by atoms with Crippen LogP contribution in [0.4, 0.5) is 0 Å². The van der Waals surface area contributed by atoms with Gasteiger partial charge < -0.3 is 14.9 Å². The first-order chi connectivity index (χ1) is 6.42. The second-order valence-corrected chi connectivity index (χ2v) is 3.22. The maximum Gasteiger partial charge on any atom is 0.181 e. The standard InChI is InChI=1S/C9H14N2O2/c10-5-7-9(13-6-11-7)8-3-1-2-4-12-8/h6,8H,1-5,10H2. The lowest BCUT2D eigenvalue weighted by atomic mass is 10.1. The van der Waals surface area contributed by atoms with Crippen LogP contribution in [-0.2, 0) is 11.3 Å². The summed E-state index contributed by atoms with van der Waals surface area (Å²) in [7, 11) is 0. The van der Waals surface area contributed by atoms with Crippen LogP contribution in [0.15, 0.2) is 10.8 Å². The summed E-state index contributed by atoms with van der Waals surface area (Å²) in [5.74, 6) is 0.821. The first-order valence-corrected chi connectivity index (χ1v) is 4.65. The molecule has 0 radical (unpaired) electrons. The van der Waals surface area contributed by atoms with Crippen molar-refractivity contribution in [3.05, 3.63) is 17.8 Å². The smallest absolute Gasteiger partial charge is 0.181 e. The molecule has 1 aromatic rings. The zero-order chi connectivity index (χ0) is 9.10. The van der Waals surface area contributed by atoms with Gasteiger partial charge in [0.25, 0.3) is 0 Å². The minimum Gasteiger partial charge on any atom is -0.445 e. The normalized spacial score (nSPS) is 23.3. The van der Waals surface area contributed by atoms with E-state index in [0.29, 0.717) is 6.54 Å². The monoisotopic (exact) mass is 182 g/mol. The summed E-state index contributed by atoms with van der Waals surface area (Å²) in [4.78, 5) is 4.04. The fourth-order valence-corrected chi connectivity index (χ4v) is 1.64. The number of hydrogen-bond acceptors (Lipinski definition) is 4. The summed E-state index contributed by atoms with van der Waals surface area (Å²) in [6.45, 7) is 1.24. The molecule has 4 heteroatoms. The molecule has 0 aliphatic carbocycles. The van der Waals surface area contributed by atoms with Crippen LogP contribution in [0.25, 0.3) is 0 Å². The Labute approximate surface area is 77.1 Å². The molecule has 1 aliphatic heterocycles. The summed E-state index contributed by atoms with van der Waals surface area (Å²) < 4.78 is 10.9. The first-order valence-electron chi connectivity index (χ1n) is 4.65. The third-order valence-electron chi connectivity index (χ3n) is 2.34. The van der Waals surface area contributed by atoms with Gasteiger partial charge in [-0.1, -0.05) is 0 Å². The Balaban J connectivity index is 2.13. The Bertz CT molecular complexity index is 266. The van der Waals surface area contributed by atoms with Gasteiger partial charge in [0, 0.05) is 13.2 Å². The van der Waals surface area contributed by atoms with Gasteiger partial charge in [-0.25, -0.2) is 4.98 Å².